The number of fused-ring (bicyclic) bond motifs is 2. The number of quaternary nitrogens is 1. The van der Waals surface area contributed by atoms with E-state index in [0.29, 0.717) is 12.7 Å². The van der Waals surface area contributed by atoms with E-state index in [2.05, 4.69) is 40.5 Å². The smallest absolute Gasteiger partial charge is 0.134 e. The number of rotatable bonds is 5. The van der Waals surface area contributed by atoms with E-state index < -0.39 is 0 Å². The summed E-state index contributed by atoms with van der Waals surface area (Å²) in [6, 6.07) is 13.6. The van der Waals surface area contributed by atoms with Crippen LogP contribution in [-0.2, 0) is 6.42 Å². The molecule has 3 N–H and O–H groups in total. The summed E-state index contributed by atoms with van der Waals surface area (Å²) in [6.45, 7) is 6.15. The number of ether oxygens (including phenoxy) is 1. The number of nitrogens with zero attached hydrogens (tertiary/aromatic N) is 2. The van der Waals surface area contributed by atoms with Crippen molar-refractivity contribution in [2.45, 2.75) is 18.9 Å². The molecule has 2 aliphatic rings. The number of benzene rings is 2. The summed E-state index contributed by atoms with van der Waals surface area (Å²) in [5, 5.41) is 6.18. The average molecular weight is 341 g/mol. The fourth-order valence-corrected chi connectivity index (χ4v) is 4.27. The van der Waals surface area contributed by atoms with Gasteiger partial charge in [-0.2, -0.15) is 0 Å². The van der Waals surface area contributed by atoms with Crippen LogP contribution in [0.5, 0.6) is 5.75 Å². The van der Waals surface area contributed by atoms with Gasteiger partial charge < -0.3 is 4.74 Å². The fraction of sp³-hybridized carbons (Fsp3) is 0.500. The van der Waals surface area contributed by atoms with Crippen LogP contribution in [0.15, 0.2) is 36.4 Å². The van der Waals surface area contributed by atoms with Crippen LogP contribution in [-0.4, -0.2) is 62.2 Å². The third kappa shape index (κ3) is 3.25. The Morgan fingerprint density at radius 1 is 1.32 bits per heavy atom. The predicted octanol–water partition coefficient (Wildman–Crippen LogP) is 1.72. The Kier molecular flexibility index (Phi) is 4.65. The highest BCUT2D eigenvalue weighted by molar-refractivity contribution is 5.87. The Morgan fingerprint density at radius 2 is 2.24 bits per heavy atom. The Morgan fingerprint density at radius 3 is 3.00 bits per heavy atom. The number of hydrogen-bond acceptors (Lipinski definition) is 4. The zero-order valence-electron chi connectivity index (χ0n) is 15.1. The average Bonchev–Trinajstić information content (AvgIpc) is 2.77. The van der Waals surface area contributed by atoms with Crippen LogP contribution in [0.4, 0.5) is 0 Å². The van der Waals surface area contributed by atoms with Crippen LogP contribution < -0.4 is 15.8 Å². The second-order valence-electron chi connectivity index (χ2n) is 7.51. The van der Waals surface area contributed by atoms with Crippen molar-refractivity contribution in [3.8, 4) is 5.75 Å². The van der Waals surface area contributed by atoms with Gasteiger partial charge in [-0.15, -0.1) is 0 Å². The van der Waals surface area contributed by atoms with Crippen LogP contribution in [0, 0.1) is 0 Å². The maximum Gasteiger partial charge on any atom is 0.134 e. The molecule has 2 heterocycles. The van der Waals surface area contributed by atoms with Gasteiger partial charge >= 0.3 is 0 Å². The minimum absolute atomic E-state index is 0.700. The van der Waals surface area contributed by atoms with Crippen molar-refractivity contribution in [1.82, 2.24) is 10.2 Å². The maximum atomic E-state index is 6.26. The molecule has 2 atom stereocenters. The first-order valence-electron chi connectivity index (χ1n) is 9.29. The van der Waals surface area contributed by atoms with Gasteiger partial charge in [0, 0.05) is 13.0 Å². The van der Waals surface area contributed by atoms with Gasteiger partial charge in [-0.1, -0.05) is 24.3 Å². The van der Waals surface area contributed by atoms with E-state index in [4.69, 9.17) is 10.5 Å². The van der Waals surface area contributed by atoms with E-state index in [-0.39, 0.29) is 0 Å². The monoisotopic (exact) mass is 341 g/mol. The van der Waals surface area contributed by atoms with Crippen molar-refractivity contribution in [3.63, 3.8) is 0 Å². The molecule has 0 amide bonds. The molecular formula is C20H29N4O+. The molecule has 0 saturated carbocycles. The molecule has 0 aromatic heterocycles. The van der Waals surface area contributed by atoms with Gasteiger partial charge in [0.1, 0.15) is 19.1 Å². The molecule has 0 spiro atoms. The van der Waals surface area contributed by atoms with Gasteiger partial charge in [0.2, 0.25) is 0 Å². The van der Waals surface area contributed by atoms with Gasteiger partial charge in [0.05, 0.1) is 32.9 Å². The summed E-state index contributed by atoms with van der Waals surface area (Å²) in [5.74, 6) is 0.921. The van der Waals surface area contributed by atoms with Crippen LogP contribution in [0.1, 0.15) is 12.0 Å². The number of methoxy groups -OCH3 is 1. The zero-order valence-corrected chi connectivity index (χ0v) is 15.1. The largest absolute Gasteiger partial charge is 0.497 e. The first-order chi connectivity index (χ1) is 12.2. The fourth-order valence-electron chi connectivity index (χ4n) is 4.27. The molecule has 2 aromatic rings. The molecule has 2 unspecified atom stereocenters. The normalized spacial score (nSPS) is 26.7. The summed E-state index contributed by atoms with van der Waals surface area (Å²) >= 11 is 0. The van der Waals surface area contributed by atoms with Crippen molar-refractivity contribution in [1.29, 1.82) is 0 Å². The number of hydrogen-bond donors (Lipinski definition) is 2. The van der Waals surface area contributed by atoms with Crippen molar-refractivity contribution < 1.29 is 9.22 Å². The lowest BCUT2D eigenvalue weighted by atomic mass is 10.00. The van der Waals surface area contributed by atoms with E-state index >= 15 is 0 Å². The lowest BCUT2D eigenvalue weighted by Gasteiger charge is -2.43. The minimum Gasteiger partial charge on any atom is -0.497 e. The van der Waals surface area contributed by atoms with E-state index in [9.17, 15) is 0 Å². The van der Waals surface area contributed by atoms with Crippen molar-refractivity contribution >= 4 is 10.8 Å². The van der Waals surface area contributed by atoms with Gasteiger partial charge in [-0.05, 0) is 34.9 Å². The SMILES string of the molecule is COc1ccc2cccc(CC[N+]3(CN)CNCN4CCC4C3)c2c1. The lowest BCUT2D eigenvalue weighted by molar-refractivity contribution is -0.930. The Hall–Kier alpha value is -1.66. The van der Waals surface area contributed by atoms with Crippen molar-refractivity contribution in [3.05, 3.63) is 42.0 Å². The molecule has 0 aliphatic carbocycles. The molecule has 2 aliphatic heterocycles. The van der Waals surface area contributed by atoms with E-state index in [1.54, 1.807) is 7.11 Å². The first kappa shape index (κ1) is 16.8. The van der Waals surface area contributed by atoms with E-state index in [0.717, 1.165) is 43.1 Å². The number of nitrogens with one attached hydrogen (secondary N) is 1. The Labute approximate surface area is 149 Å². The molecular weight excluding hydrogens is 312 g/mol. The molecule has 0 bridgehead atoms. The molecule has 2 fully saturated rings. The summed E-state index contributed by atoms with van der Waals surface area (Å²) < 4.78 is 6.38. The van der Waals surface area contributed by atoms with Crippen LogP contribution in [0.2, 0.25) is 0 Å². The Balaban J connectivity index is 1.56. The highest BCUT2D eigenvalue weighted by Crippen LogP contribution is 2.27. The molecule has 4 rings (SSSR count). The molecule has 5 nitrogen and oxygen atoms in total. The summed E-state index contributed by atoms with van der Waals surface area (Å²) in [6.07, 6.45) is 2.35. The second kappa shape index (κ2) is 6.92. The van der Waals surface area contributed by atoms with E-state index in [1.807, 2.05) is 6.07 Å². The maximum absolute atomic E-state index is 6.26. The number of nitrogens with two attached hydrogens (primary N) is 1. The van der Waals surface area contributed by atoms with Gasteiger partial charge in [-0.3, -0.25) is 20.4 Å². The van der Waals surface area contributed by atoms with Gasteiger partial charge in [0.25, 0.3) is 0 Å². The van der Waals surface area contributed by atoms with Crippen molar-refractivity contribution in [2.75, 3.05) is 46.8 Å². The van der Waals surface area contributed by atoms with Gasteiger partial charge in [0.15, 0.2) is 0 Å². The molecule has 0 radical (unpaired) electrons. The Bertz CT molecular complexity index is 750. The summed E-state index contributed by atoms with van der Waals surface area (Å²) in [7, 11) is 1.73. The molecule has 5 heteroatoms. The topological polar surface area (TPSA) is 50.5 Å². The van der Waals surface area contributed by atoms with Crippen LogP contribution in [0.25, 0.3) is 10.8 Å². The predicted molar refractivity (Wildman–Crippen MR) is 101 cm³/mol. The van der Waals surface area contributed by atoms with Crippen LogP contribution >= 0.6 is 0 Å². The minimum atomic E-state index is 0.700. The third-order valence-corrected chi connectivity index (χ3v) is 6.05. The molecule has 2 saturated heterocycles. The zero-order chi connectivity index (χ0) is 17.3. The van der Waals surface area contributed by atoms with Crippen LogP contribution in [0.3, 0.4) is 0 Å². The highest BCUT2D eigenvalue weighted by atomic mass is 16.5. The summed E-state index contributed by atoms with van der Waals surface area (Å²) in [5.41, 5.74) is 7.64. The quantitative estimate of drug-likeness (QED) is 0.813. The first-order valence-corrected chi connectivity index (χ1v) is 9.29. The third-order valence-electron chi connectivity index (χ3n) is 6.05. The van der Waals surface area contributed by atoms with Gasteiger partial charge in [-0.25, -0.2) is 0 Å². The molecule has 2 aromatic carbocycles. The summed E-state index contributed by atoms with van der Waals surface area (Å²) in [4.78, 5) is 2.54. The second-order valence-corrected chi connectivity index (χ2v) is 7.51. The molecule has 134 valence electrons. The van der Waals surface area contributed by atoms with E-state index in [1.165, 1.54) is 29.3 Å². The standard InChI is InChI=1S/C20H29N4O/c1-25-19-6-5-16-3-2-4-17(20(16)11-19)8-10-24(13-21)12-18-7-9-23(18)14-22-15-24/h2-6,11,18,22H,7-10,12-15,21H2,1H3/q+1. The molecule has 25 heavy (non-hydrogen) atoms. The highest BCUT2D eigenvalue weighted by Gasteiger charge is 2.39. The lowest BCUT2D eigenvalue weighted by Crippen LogP contribution is -2.60. The van der Waals surface area contributed by atoms with Crippen molar-refractivity contribution in [2.24, 2.45) is 5.73 Å².